The van der Waals surface area contributed by atoms with E-state index in [0.717, 1.165) is 5.56 Å². The van der Waals surface area contributed by atoms with Crippen molar-refractivity contribution in [1.29, 1.82) is 0 Å². The van der Waals surface area contributed by atoms with E-state index in [1.165, 1.54) is 18.2 Å². The third-order valence-corrected chi connectivity index (χ3v) is 4.69. The van der Waals surface area contributed by atoms with Gasteiger partial charge in [0.2, 0.25) is 10.0 Å². The number of nitrogens with one attached hydrogen (secondary N) is 1. The predicted molar refractivity (Wildman–Crippen MR) is 99.0 cm³/mol. The number of guanidine groups is 1. The maximum absolute atomic E-state index is 12.4. The van der Waals surface area contributed by atoms with Crippen molar-refractivity contribution in [2.75, 3.05) is 0 Å². The number of hydrogen-bond donors (Lipinski definition) is 3. The molecule has 0 aromatic heterocycles. The van der Waals surface area contributed by atoms with Crippen LogP contribution < -0.4 is 16.2 Å². The molecular weight excluding hydrogens is 364 g/mol. The summed E-state index contributed by atoms with van der Waals surface area (Å²) in [5.74, 6) is -1.07. The molecule has 0 aliphatic heterocycles. The van der Waals surface area contributed by atoms with E-state index in [4.69, 9.17) is 11.5 Å². The molecule has 0 aliphatic rings. The molecule has 2 aromatic rings. The van der Waals surface area contributed by atoms with E-state index in [-0.39, 0.29) is 35.4 Å². The van der Waals surface area contributed by atoms with Gasteiger partial charge in [0.1, 0.15) is 0 Å². The molecule has 0 atom stereocenters. The lowest BCUT2D eigenvalue weighted by atomic mass is 10.1. The zero-order valence-electron chi connectivity index (χ0n) is 13.5. The van der Waals surface area contributed by atoms with E-state index in [1.807, 2.05) is 30.3 Å². The van der Waals surface area contributed by atoms with Gasteiger partial charge in [-0.2, -0.15) is 4.99 Å². The second-order valence-electron chi connectivity index (χ2n) is 5.13. The molecule has 0 saturated carbocycles. The minimum absolute atomic E-state index is 0. The largest absolute Gasteiger partial charge is 0.370 e. The maximum Gasteiger partial charge on any atom is 0.280 e. The lowest BCUT2D eigenvalue weighted by Crippen LogP contribution is -2.25. The lowest BCUT2D eigenvalue weighted by molar-refractivity contribution is 0.100. The zero-order chi connectivity index (χ0) is 17.7. The monoisotopic (exact) mass is 382 g/mol. The van der Waals surface area contributed by atoms with Crippen molar-refractivity contribution >= 4 is 34.3 Å². The highest BCUT2D eigenvalue weighted by molar-refractivity contribution is 7.89. The molecule has 2 rings (SSSR count). The Labute approximate surface area is 152 Å². The molecule has 7 nitrogen and oxygen atoms in total. The zero-order valence-corrected chi connectivity index (χ0v) is 15.1. The van der Waals surface area contributed by atoms with Crippen LogP contribution in [-0.2, 0) is 16.6 Å². The van der Waals surface area contributed by atoms with Crippen LogP contribution in [0.5, 0.6) is 0 Å². The van der Waals surface area contributed by atoms with Crippen molar-refractivity contribution < 1.29 is 13.2 Å². The Hall–Kier alpha value is -2.42. The number of carbonyl (C=O) groups excluding carboxylic acids is 1. The van der Waals surface area contributed by atoms with Crippen LogP contribution in [-0.4, -0.2) is 20.3 Å². The number of aryl methyl sites for hydroxylation is 1. The molecule has 134 valence electrons. The van der Waals surface area contributed by atoms with Crippen LogP contribution in [0.4, 0.5) is 0 Å². The molecule has 0 spiro atoms. The van der Waals surface area contributed by atoms with Crippen LogP contribution >= 0.6 is 12.4 Å². The number of aliphatic imine (C=N–C) groups is 1. The number of benzene rings is 2. The Morgan fingerprint density at radius 1 is 1.12 bits per heavy atom. The van der Waals surface area contributed by atoms with Crippen LogP contribution in [0.25, 0.3) is 0 Å². The summed E-state index contributed by atoms with van der Waals surface area (Å²) in [7, 11) is -3.77. The van der Waals surface area contributed by atoms with Crippen molar-refractivity contribution in [3.63, 3.8) is 0 Å². The fourth-order valence-corrected chi connectivity index (χ4v) is 3.08. The first kappa shape index (κ1) is 20.6. The van der Waals surface area contributed by atoms with Gasteiger partial charge in [0.15, 0.2) is 5.96 Å². The van der Waals surface area contributed by atoms with Crippen molar-refractivity contribution in [2.45, 2.75) is 18.4 Å². The van der Waals surface area contributed by atoms with Crippen LogP contribution in [0.1, 0.15) is 21.5 Å². The van der Waals surface area contributed by atoms with E-state index in [2.05, 4.69) is 9.71 Å². The molecule has 0 aliphatic carbocycles. The highest BCUT2D eigenvalue weighted by atomic mass is 35.5. The number of hydrogen-bond acceptors (Lipinski definition) is 3. The minimum atomic E-state index is -3.77. The predicted octanol–water partition coefficient (Wildman–Crippen LogP) is 1.31. The summed E-state index contributed by atoms with van der Waals surface area (Å²) in [6, 6.07) is 13.3. The summed E-state index contributed by atoms with van der Waals surface area (Å²) >= 11 is 0. The Morgan fingerprint density at radius 2 is 1.76 bits per heavy atom. The lowest BCUT2D eigenvalue weighted by Gasteiger charge is -2.09. The van der Waals surface area contributed by atoms with E-state index < -0.39 is 15.9 Å². The standard InChI is InChI=1S/C16H18N4O3S.ClH/c1-11-7-8-13(9-14(11)15(21)20-16(17)18)24(22,23)19-10-12-5-3-2-4-6-12;/h2-9,19H,10H2,1H3,(H4,17,18,20,21);1H. The van der Waals surface area contributed by atoms with Gasteiger partial charge in [-0.05, 0) is 30.2 Å². The van der Waals surface area contributed by atoms with Crippen molar-refractivity contribution in [2.24, 2.45) is 16.5 Å². The van der Waals surface area contributed by atoms with Gasteiger partial charge in [-0.15, -0.1) is 12.4 Å². The SMILES string of the molecule is Cc1ccc(S(=O)(=O)NCc2ccccc2)cc1C(=O)N=C(N)N.Cl. The topological polar surface area (TPSA) is 128 Å². The highest BCUT2D eigenvalue weighted by Gasteiger charge is 2.17. The van der Waals surface area contributed by atoms with E-state index in [9.17, 15) is 13.2 Å². The smallest absolute Gasteiger partial charge is 0.280 e. The third-order valence-electron chi connectivity index (χ3n) is 3.29. The Balaban J connectivity index is 0.00000312. The number of nitrogens with two attached hydrogens (primary N) is 2. The molecule has 25 heavy (non-hydrogen) atoms. The van der Waals surface area contributed by atoms with Gasteiger partial charge in [0.25, 0.3) is 5.91 Å². The molecule has 2 aromatic carbocycles. The Bertz CT molecular complexity index is 880. The van der Waals surface area contributed by atoms with Gasteiger partial charge in [0.05, 0.1) is 4.90 Å². The molecule has 0 radical (unpaired) electrons. The minimum Gasteiger partial charge on any atom is -0.370 e. The van der Waals surface area contributed by atoms with Crippen molar-refractivity contribution in [1.82, 2.24) is 4.72 Å². The fourth-order valence-electron chi connectivity index (χ4n) is 2.03. The summed E-state index contributed by atoms with van der Waals surface area (Å²) in [5.41, 5.74) is 11.9. The van der Waals surface area contributed by atoms with Gasteiger partial charge in [-0.25, -0.2) is 13.1 Å². The first-order chi connectivity index (χ1) is 11.3. The average molecular weight is 383 g/mol. The molecular formula is C16H19ClN4O3S. The Kier molecular flexibility index (Phi) is 7.10. The van der Waals surface area contributed by atoms with Crippen LogP contribution in [0.2, 0.25) is 0 Å². The number of nitrogens with zero attached hydrogens (tertiary/aromatic N) is 1. The summed E-state index contributed by atoms with van der Waals surface area (Å²) in [5, 5.41) is 0. The quantitative estimate of drug-likeness (QED) is 0.530. The van der Waals surface area contributed by atoms with Crippen LogP contribution in [0, 0.1) is 6.92 Å². The molecule has 5 N–H and O–H groups in total. The number of amides is 1. The van der Waals surface area contributed by atoms with Crippen molar-refractivity contribution in [3.8, 4) is 0 Å². The average Bonchev–Trinajstić information content (AvgIpc) is 2.53. The molecule has 9 heteroatoms. The van der Waals surface area contributed by atoms with E-state index in [0.29, 0.717) is 5.56 Å². The van der Waals surface area contributed by atoms with Gasteiger partial charge in [0, 0.05) is 12.1 Å². The van der Waals surface area contributed by atoms with E-state index >= 15 is 0 Å². The number of halogens is 1. The molecule has 0 heterocycles. The second-order valence-corrected chi connectivity index (χ2v) is 6.90. The van der Waals surface area contributed by atoms with E-state index in [1.54, 1.807) is 6.92 Å². The molecule has 0 saturated heterocycles. The van der Waals surface area contributed by atoms with Gasteiger partial charge in [-0.1, -0.05) is 36.4 Å². The first-order valence-electron chi connectivity index (χ1n) is 7.08. The normalized spacial score (nSPS) is 10.6. The highest BCUT2D eigenvalue weighted by Crippen LogP contribution is 2.17. The molecule has 1 amide bonds. The van der Waals surface area contributed by atoms with Crippen LogP contribution in [0.15, 0.2) is 58.4 Å². The first-order valence-corrected chi connectivity index (χ1v) is 8.56. The summed E-state index contributed by atoms with van der Waals surface area (Å²) in [4.78, 5) is 15.4. The molecule has 0 bridgehead atoms. The number of rotatable bonds is 5. The van der Waals surface area contributed by atoms with Gasteiger partial charge in [-0.3, -0.25) is 4.79 Å². The number of sulfonamides is 1. The summed E-state index contributed by atoms with van der Waals surface area (Å²) in [6.45, 7) is 1.82. The van der Waals surface area contributed by atoms with Crippen LogP contribution in [0.3, 0.4) is 0 Å². The fraction of sp³-hybridized carbons (Fsp3) is 0.125. The molecule has 0 unspecified atom stereocenters. The van der Waals surface area contributed by atoms with Gasteiger partial charge < -0.3 is 11.5 Å². The third kappa shape index (κ3) is 5.56. The summed E-state index contributed by atoms with van der Waals surface area (Å²) < 4.78 is 27.3. The number of carbonyl (C=O) groups is 1. The second kappa shape index (κ2) is 8.61. The summed E-state index contributed by atoms with van der Waals surface area (Å²) in [6.07, 6.45) is 0. The maximum atomic E-state index is 12.4. The molecule has 0 fully saturated rings. The Morgan fingerprint density at radius 3 is 2.36 bits per heavy atom. The van der Waals surface area contributed by atoms with Crippen molar-refractivity contribution in [3.05, 3.63) is 65.2 Å². The van der Waals surface area contributed by atoms with Gasteiger partial charge >= 0.3 is 0 Å².